The van der Waals surface area contributed by atoms with E-state index in [-0.39, 0.29) is 5.56 Å². The number of rotatable bonds is 10. The highest BCUT2D eigenvalue weighted by Gasteiger charge is 2.12. The molecule has 3 rings (SSSR count). The van der Waals surface area contributed by atoms with Crippen LogP contribution in [0.15, 0.2) is 84.0 Å². The van der Waals surface area contributed by atoms with Gasteiger partial charge >= 0.3 is 5.97 Å². The van der Waals surface area contributed by atoms with Crippen LogP contribution in [0.5, 0.6) is 5.75 Å². The fraction of sp³-hybridized carbons (Fsp3) is 0.167. The van der Waals surface area contributed by atoms with Crippen molar-refractivity contribution in [3.05, 3.63) is 101 Å². The molecule has 0 aliphatic rings. The molecule has 0 radical (unpaired) electrons. The summed E-state index contributed by atoms with van der Waals surface area (Å²) in [6, 6.07) is 19.3. The Morgan fingerprint density at radius 3 is 2.63 bits per heavy atom. The molecule has 2 aromatic carbocycles. The third-order valence-corrected chi connectivity index (χ3v) is 5.07. The molecule has 0 aliphatic carbocycles. The van der Waals surface area contributed by atoms with Gasteiger partial charge in [-0.15, -0.1) is 6.58 Å². The highest BCUT2D eigenvalue weighted by atomic mass is 79.9. The molecule has 0 unspecified atom stereocenters. The minimum absolute atomic E-state index is 0.167. The summed E-state index contributed by atoms with van der Waals surface area (Å²) in [5, 5.41) is 9.07. The Bertz CT molecular complexity index is 991. The second-order valence-electron chi connectivity index (χ2n) is 6.72. The van der Waals surface area contributed by atoms with E-state index >= 15 is 0 Å². The highest BCUT2D eigenvalue weighted by molar-refractivity contribution is 9.10. The summed E-state index contributed by atoms with van der Waals surface area (Å²) in [4.78, 5) is 17.4. The first kappa shape index (κ1) is 21.6. The van der Waals surface area contributed by atoms with E-state index in [9.17, 15) is 4.79 Å². The molecule has 0 bridgehead atoms. The monoisotopic (exact) mass is 466 g/mol. The number of carboxylic acid groups (broad SMARTS) is 1. The minimum Gasteiger partial charge on any atom is -0.489 e. The summed E-state index contributed by atoms with van der Waals surface area (Å²) < 4.78 is 7.07. The van der Waals surface area contributed by atoms with E-state index in [0.717, 1.165) is 27.8 Å². The Labute approximate surface area is 184 Å². The van der Waals surface area contributed by atoms with Gasteiger partial charge in [-0.05, 0) is 47.9 Å². The van der Waals surface area contributed by atoms with Gasteiger partial charge in [0.1, 0.15) is 18.2 Å². The number of aromatic carboxylic acids is 1. The first-order valence-electron chi connectivity index (χ1n) is 9.57. The average molecular weight is 467 g/mol. The van der Waals surface area contributed by atoms with E-state index in [0.29, 0.717) is 25.5 Å². The molecule has 0 amide bonds. The number of anilines is 1. The number of hydrogen-bond acceptors (Lipinski definition) is 4. The maximum Gasteiger partial charge on any atom is 0.337 e. The van der Waals surface area contributed by atoms with Gasteiger partial charge in [0.25, 0.3) is 0 Å². The third kappa shape index (κ3) is 5.94. The zero-order valence-corrected chi connectivity index (χ0v) is 18.1. The maximum absolute atomic E-state index is 11.1. The van der Waals surface area contributed by atoms with Gasteiger partial charge in [0, 0.05) is 23.8 Å². The smallest absolute Gasteiger partial charge is 0.337 e. The Morgan fingerprint density at radius 2 is 1.97 bits per heavy atom. The summed E-state index contributed by atoms with van der Waals surface area (Å²) in [7, 11) is 0. The number of aromatic nitrogens is 1. The number of nitrogens with zero attached hydrogens (tertiary/aromatic N) is 2. The van der Waals surface area contributed by atoms with Gasteiger partial charge < -0.3 is 14.7 Å². The van der Waals surface area contributed by atoms with Gasteiger partial charge in [0.15, 0.2) is 0 Å². The van der Waals surface area contributed by atoms with Crippen LogP contribution in [0.2, 0.25) is 0 Å². The lowest BCUT2D eigenvalue weighted by molar-refractivity contribution is 0.0696. The second kappa shape index (κ2) is 10.6. The van der Waals surface area contributed by atoms with Crippen LogP contribution in [0.3, 0.4) is 0 Å². The van der Waals surface area contributed by atoms with E-state index in [4.69, 9.17) is 9.84 Å². The van der Waals surface area contributed by atoms with E-state index in [1.54, 1.807) is 18.2 Å². The molecule has 3 aromatic rings. The van der Waals surface area contributed by atoms with Crippen molar-refractivity contribution >= 4 is 27.7 Å². The minimum atomic E-state index is -0.987. The lowest BCUT2D eigenvalue weighted by Gasteiger charge is -2.23. The molecule has 0 atom stereocenters. The lowest BCUT2D eigenvalue weighted by atomic mass is 10.1. The van der Waals surface area contributed by atoms with Crippen LogP contribution in [-0.2, 0) is 13.0 Å². The SMILES string of the molecule is C=CCN(CCc1cc(Br)ccc1OCc1ccccc1)c1ccc(C(=O)O)cn1. The van der Waals surface area contributed by atoms with E-state index in [2.05, 4.69) is 38.5 Å². The molecule has 0 aliphatic heterocycles. The summed E-state index contributed by atoms with van der Waals surface area (Å²) in [6.07, 6.45) is 3.92. The first-order valence-corrected chi connectivity index (χ1v) is 10.4. The van der Waals surface area contributed by atoms with E-state index in [1.807, 2.05) is 42.5 Å². The van der Waals surface area contributed by atoms with Gasteiger partial charge in [-0.2, -0.15) is 0 Å². The van der Waals surface area contributed by atoms with Crippen molar-refractivity contribution in [2.24, 2.45) is 0 Å². The maximum atomic E-state index is 11.1. The van der Waals surface area contributed by atoms with Gasteiger partial charge in [0.05, 0.1) is 5.56 Å². The van der Waals surface area contributed by atoms with Crippen LogP contribution >= 0.6 is 15.9 Å². The third-order valence-electron chi connectivity index (χ3n) is 4.58. The molecule has 6 heteroatoms. The quantitative estimate of drug-likeness (QED) is 0.407. The van der Waals surface area contributed by atoms with Crippen molar-refractivity contribution in [2.75, 3.05) is 18.0 Å². The lowest BCUT2D eigenvalue weighted by Crippen LogP contribution is -2.27. The second-order valence-corrected chi connectivity index (χ2v) is 7.64. The number of pyridine rings is 1. The summed E-state index contributed by atoms with van der Waals surface area (Å²) in [5.74, 6) is 0.565. The van der Waals surface area contributed by atoms with Gasteiger partial charge in [-0.25, -0.2) is 9.78 Å². The molecular weight excluding hydrogens is 444 g/mol. The molecule has 1 N–H and O–H groups in total. The van der Waals surface area contributed by atoms with Gasteiger partial charge in [0.2, 0.25) is 0 Å². The summed E-state index contributed by atoms with van der Waals surface area (Å²) >= 11 is 3.54. The fourth-order valence-corrected chi connectivity index (χ4v) is 3.44. The normalized spacial score (nSPS) is 10.4. The molecule has 5 nitrogen and oxygen atoms in total. The molecule has 0 saturated carbocycles. The first-order chi connectivity index (χ1) is 14.6. The molecule has 0 spiro atoms. The number of carboxylic acids is 1. The topological polar surface area (TPSA) is 62.7 Å². The van der Waals surface area contributed by atoms with Crippen molar-refractivity contribution < 1.29 is 14.6 Å². The van der Waals surface area contributed by atoms with Crippen molar-refractivity contribution in [1.82, 2.24) is 4.98 Å². The zero-order chi connectivity index (χ0) is 21.3. The molecule has 30 heavy (non-hydrogen) atoms. The van der Waals surface area contributed by atoms with Crippen molar-refractivity contribution in [2.45, 2.75) is 13.0 Å². The average Bonchev–Trinajstić information content (AvgIpc) is 2.76. The van der Waals surface area contributed by atoms with Crippen LogP contribution in [0, 0.1) is 0 Å². The number of hydrogen-bond donors (Lipinski definition) is 1. The molecule has 1 aromatic heterocycles. The Morgan fingerprint density at radius 1 is 1.17 bits per heavy atom. The predicted octanol–water partition coefficient (Wildman–Crippen LogP) is 5.36. The molecular formula is C24H23BrN2O3. The van der Waals surface area contributed by atoms with E-state index < -0.39 is 5.97 Å². The standard InChI is InChI=1S/C24H23BrN2O3/c1-2-13-27(23-11-8-20(16-26-23)24(28)29)14-12-19-15-21(25)9-10-22(19)30-17-18-6-4-3-5-7-18/h2-11,15-16H,1,12-14,17H2,(H,28,29). The van der Waals surface area contributed by atoms with Crippen molar-refractivity contribution in [3.8, 4) is 5.75 Å². The summed E-state index contributed by atoms with van der Waals surface area (Å²) in [5.41, 5.74) is 2.36. The van der Waals surface area contributed by atoms with E-state index in [1.165, 1.54) is 6.20 Å². The number of carbonyl (C=O) groups is 1. The number of ether oxygens (including phenoxy) is 1. The van der Waals surface area contributed by atoms with Crippen LogP contribution in [0.4, 0.5) is 5.82 Å². The van der Waals surface area contributed by atoms with Crippen molar-refractivity contribution in [3.63, 3.8) is 0 Å². The van der Waals surface area contributed by atoms with Crippen LogP contribution in [0.1, 0.15) is 21.5 Å². The zero-order valence-electron chi connectivity index (χ0n) is 16.5. The molecule has 0 fully saturated rings. The van der Waals surface area contributed by atoms with Crippen LogP contribution < -0.4 is 9.64 Å². The molecule has 154 valence electrons. The molecule has 1 heterocycles. The Balaban J connectivity index is 1.72. The van der Waals surface area contributed by atoms with Crippen LogP contribution in [0.25, 0.3) is 0 Å². The van der Waals surface area contributed by atoms with Crippen LogP contribution in [-0.4, -0.2) is 29.1 Å². The largest absolute Gasteiger partial charge is 0.489 e. The highest BCUT2D eigenvalue weighted by Crippen LogP contribution is 2.25. The molecule has 0 saturated heterocycles. The summed E-state index contributed by atoms with van der Waals surface area (Å²) in [6.45, 7) is 5.62. The van der Waals surface area contributed by atoms with Crippen molar-refractivity contribution in [1.29, 1.82) is 0 Å². The fourth-order valence-electron chi connectivity index (χ4n) is 3.03. The number of halogens is 1. The van der Waals surface area contributed by atoms with Gasteiger partial charge in [-0.1, -0.05) is 52.3 Å². The Hall–Kier alpha value is -3.12. The predicted molar refractivity (Wildman–Crippen MR) is 122 cm³/mol. The van der Waals surface area contributed by atoms with Gasteiger partial charge in [-0.3, -0.25) is 0 Å². The number of benzene rings is 2. The Kier molecular flexibility index (Phi) is 7.63.